The Hall–Kier alpha value is -4.12. The molecule has 498 valence electrons. The van der Waals surface area contributed by atoms with Crippen LogP contribution >= 0.6 is 11.3 Å². The first-order valence-electron chi connectivity index (χ1n) is 30.3. The summed E-state index contributed by atoms with van der Waals surface area (Å²) in [4.78, 5) is 82.1. The number of ketones is 4. The average Bonchev–Trinajstić information content (AvgIpc) is 3.25. The molecule has 11 nitrogen and oxygen atoms in total. The minimum atomic E-state index is -4.61. The smallest absolute Gasteiger partial charge is 0.412 e. The number of cyclic esters (lactones) is 1. The number of halogens is 6. The van der Waals surface area contributed by atoms with Gasteiger partial charge in [-0.05, 0) is 107 Å². The third-order valence-electron chi connectivity index (χ3n) is 18.4. The number of hydrogen-bond acceptors (Lipinski definition) is 12. The van der Waals surface area contributed by atoms with E-state index in [-0.39, 0.29) is 52.7 Å². The summed E-state index contributed by atoms with van der Waals surface area (Å²) < 4.78 is 105. The number of alkyl halides is 6. The van der Waals surface area contributed by atoms with Crippen molar-refractivity contribution in [3.05, 3.63) is 76.8 Å². The molecule has 0 N–H and O–H groups in total. The number of thiazole rings is 1. The van der Waals surface area contributed by atoms with Crippen molar-refractivity contribution in [1.29, 1.82) is 0 Å². The summed E-state index contributed by atoms with van der Waals surface area (Å²) in [5, 5.41) is 3.07. The molecular weight excluding hydrogens is 1180 g/mol. The molecule has 87 heavy (non-hydrogen) atoms. The fraction of sp³-hybridized carbons (Fsp3) is 0.716. The fourth-order valence-electron chi connectivity index (χ4n) is 8.96. The molecule has 0 saturated carbocycles. The van der Waals surface area contributed by atoms with Crippen molar-refractivity contribution in [2.45, 2.75) is 263 Å². The number of rotatable bonds is 20. The van der Waals surface area contributed by atoms with Gasteiger partial charge in [-0.1, -0.05) is 154 Å². The van der Waals surface area contributed by atoms with Gasteiger partial charge in [0.1, 0.15) is 11.6 Å². The lowest BCUT2D eigenvalue weighted by Crippen LogP contribution is -2.50. The van der Waals surface area contributed by atoms with Gasteiger partial charge in [-0.15, -0.1) is 24.5 Å². The Morgan fingerprint density at radius 1 is 0.885 bits per heavy atom. The maximum absolute atomic E-state index is 13.9. The molecule has 1 aliphatic rings. The summed E-state index contributed by atoms with van der Waals surface area (Å²) in [6.45, 7) is 54.3. The molecule has 1 aromatic heterocycles. The Labute approximate surface area is 525 Å². The van der Waals surface area contributed by atoms with E-state index in [0.29, 0.717) is 0 Å². The molecule has 2 heterocycles. The highest BCUT2D eigenvalue weighted by Crippen LogP contribution is 2.44. The molecule has 10 atom stereocenters. The van der Waals surface area contributed by atoms with Gasteiger partial charge in [-0.25, -0.2) is 4.98 Å². The Kier molecular flexibility index (Phi) is 31.7. The molecule has 2 unspecified atom stereocenters. The molecule has 0 fully saturated rings. The normalized spacial score (nSPS) is 23.0. The van der Waals surface area contributed by atoms with Crippen LogP contribution < -0.4 is 0 Å². The van der Waals surface area contributed by atoms with Gasteiger partial charge in [0.2, 0.25) is 0 Å². The van der Waals surface area contributed by atoms with Crippen LogP contribution in [0.3, 0.4) is 0 Å². The number of hydrogen-bond donors (Lipinski definition) is 0. The maximum atomic E-state index is 13.9. The molecular formula is C67H109F6NO10SSi2. The van der Waals surface area contributed by atoms with Crippen LogP contribution in [0.5, 0.6) is 0 Å². The Morgan fingerprint density at radius 2 is 1.43 bits per heavy atom. The first-order chi connectivity index (χ1) is 39.1. The Balaban J connectivity index is 0.00000150. The molecule has 0 spiro atoms. The van der Waals surface area contributed by atoms with E-state index in [4.69, 9.17) is 18.3 Å². The molecule has 0 saturated heterocycles. The van der Waals surface area contributed by atoms with Gasteiger partial charge < -0.3 is 18.3 Å². The summed E-state index contributed by atoms with van der Waals surface area (Å²) in [6, 6.07) is 0. The second kappa shape index (κ2) is 33.3. The van der Waals surface area contributed by atoms with Gasteiger partial charge in [0.15, 0.2) is 39.9 Å². The Bertz CT molecular complexity index is 2580. The molecule has 0 amide bonds. The van der Waals surface area contributed by atoms with Crippen molar-refractivity contribution < 1.29 is 73.4 Å². The van der Waals surface area contributed by atoms with E-state index in [1.165, 1.54) is 37.5 Å². The van der Waals surface area contributed by atoms with Gasteiger partial charge in [-0.3, -0.25) is 28.8 Å². The molecule has 0 bridgehead atoms. The standard InChI is InChI=1S/C32H53F3O5Si.C29H47F3O5Si.C6H9NS/c1-15-17-25(32(33,34)35)18-19-31(12,24(6)36)39-26(37)20-22(4)30(10,11)28(38)23(5)27(21(3)16-2)40-41(13,14)29(7,8)9;1-18-13-12-14-22(29(30,31)32)15-16-23(21(4)33)36-24(34)17-19(2)28(8,9)26(35)20(3)25(18)37-38(10,11)27(5,6)7;1-3-6-4-8-5(2)7-6/h15-16,18,21-23,27H,1-2,17,19-20H2,3-14H3;12-13,15,18-20,23,25H,14,16-17H2,1-11H3;4H,3H2,1-2H3/b25-18+;13-12+,22-15+;/t21?,22-,23+,27-,31?;18-,19-,20+,23-,25-;/m00./s1. The predicted octanol–water partition coefficient (Wildman–Crippen LogP) is 18.4. The number of carbonyl (C=O) groups excluding carboxylic acids is 6. The lowest BCUT2D eigenvalue weighted by Gasteiger charge is -2.43. The number of esters is 2. The number of aromatic nitrogens is 1. The van der Waals surface area contributed by atoms with Crippen LogP contribution in [-0.2, 0) is 53.5 Å². The predicted molar refractivity (Wildman–Crippen MR) is 344 cm³/mol. The summed E-state index contributed by atoms with van der Waals surface area (Å²) in [5.74, 6) is -5.20. The van der Waals surface area contributed by atoms with Gasteiger partial charge >= 0.3 is 24.3 Å². The number of Topliss-reactive ketones (excluding diaryl/α,β-unsaturated/α-hetero) is 4. The minimum absolute atomic E-state index is 0.0629. The van der Waals surface area contributed by atoms with Gasteiger partial charge in [-0.2, -0.15) is 26.3 Å². The van der Waals surface area contributed by atoms with E-state index in [1.807, 2.05) is 27.7 Å². The molecule has 20 heteroatoms. The highest BCUT2D eigenvalue weighted by atomic mass is 32.1. The Morgan fingerprint density at radius 3 is 1.84 bits per heavy atom. The van der Waals surface area contributed by atoms with Crippen LogP contribution in [0.25, 0.3) is 0 Å². The van der Waals surface area contributed by atoms with Crippen molar-refractivity contribution in [2.24, 2.45) is 46.3 Å². The molecule has 1 aliphatic heterocycles. The van der Waals surface area contributed by atoms with Crippen LogP contribution in [-0.4, -0.2) is 93.0 Å². The number of nitrogens with zero attached hydrogens (tertiary/aromatic N) is 1. The summed E-state index contributed by atoms with van der Waals surface area (Å²) in [5.41, 5.74) is -4.13. The zero-order valence-electron chi connectivity index (χ0n) is 57.3. The first kappa shape index (κ1) is 82.9. The van der Waals surface area contributed by atoms with Crippen LogP contribution in [0.1, 0.15) is 188 Å². The van der Waals surface area contributed by atoms with Gasteiger partial charge in [0.05, 0.1) is 22.9 Å². The van der Waals surface area contributed by atoms with Crippen LogP contribution in [0.2, 0.25) is 36.3 Å². The van der Waals surface area contributed by atoms with Gasteiger partial charge in [0, 0.05) is 64.9 Å². The summed E-state index contributed by atoms with van der Waals surface area (Å²) in [6.07, 6.45) is -4.55. The third kappa shape index (κ3) is 25.2. The second-order valence-corrected chi connectivity index (χ2v) is 38.8. The summed E-state index contributed by atoms with van der Waals surface area (Å²) in [7, 11) is -4.57. The highest BCUT2D eigenvalue weighted by molar-refractivity contribution is 7.09. The maximum Gasteiger partial charge on any atom is 0.412 e. The van der Waals surface area contributed by atoms with E-state index >= 15 is 0 Å². The van der Waals surface area contributed by atoms with Crippen molar-refractivity contribution in [3.8, 4) is 0 Å². The quantitative estimate of drug-likeness (QED) is 0.0531. The highest BCUT2D eigenvalue weighted by Gasteiger charge is 2.49. The van der Waals surface area contributed by atoms with Crippen LogP contribution in [0.15, 0.2) is 66.1 Å². The molecule has 0 aliphatic carbocycles. The van der Waals surface area contributed by atoms with E-state index in [9.17, 15) is 55.1 Å². The average molecular weight is 1290 g/mol. The van der Waals surface area contributed by atoms with E-state index in [0.717, 1.165) is 24.6 Å². The van der Waals surface area contributed by atoms with Crippen LogP contribution in [0.4, 0.5) is 26.3 Å². The largest absolute Gasteiger partial charge is 0.454 e. The molecule has 0 radical (unpaired) electrons. The van der Waals surface area contributed by atoms with E-state index < -0.39 is 141 Å². The number of carbonyl (C=O) groups is 6. The number of allylic oxidation sites excluding steroid dienone is 4. The fourth-order valence-corrected chi connectivity index (χ4v) is 12.6. The summed E-state index contributed by atoms with van der Waals surface area (Å²) >= 11 is 1.72. The lowest BCUT2D eigenvalue weighted by molar-refractivity contribution is -0.166. The zero-order chi connectivity index (χ0) is 68.6. The van der Waals surface area contributed by atoms with E-state index in [2.05, 4.69) is 98.2 Å². The van der Waals surface area contributed by atoms with Crippen molar-refractivity contribution >= 4 is 63.0 Å². The van der Waals surface area contributed by atoms with E-state index in [1.54, 1.807) is 72.0 Å². The van der Waals surface area contributed by atoms with Crippen molar-refractivity contribution in [2.75, 3.05) is 0 Å². The van der Waals surface area contributed by atoms with Crippen LogP contribution in [0, 0.1) is 53.3 Å². The third-order valence-corrected chi connectivity index (χ3v) is 28.2. The molecule has 2 rings (SSSR count). The van der Waals surface area contributed by atoms with Crippen molar-refractivity contribution in [3.63, 3.8) is 0 Å². The minimum Gasteiger partial charge on any atom is -0.454 e. The first-order valence-corrected chi connectivity index (χ1v) is 37.0. The van der Waals surface area contributed by atoms with Gasteiger partial charge in [0.25, 0.3) is 0 Å². The monoisotopic (exact) mass is 1290 g/mol. The second-order valence-electron chi connectivity index (χ2n) is 28.2. The SMILES string of the molecule is C=CC/C(=C\CC(C)(OC(=O)C[C@H](C)C(C)(C)C(=O)[C@H](C)[C@@H](O[Si](C)(C)C(C)(C)C)C(C)C=C)C(C)=O)C(F)(F)F.CC(=O)[C@@H]1C/C=C(/C(F)(F)F)C/C=C/[C@H](C)[C@H](O[Si](C)(C)C(C)(C)C)[C@@H](C)C(=O)C(C)(C)[C@@H](C)CC(=O)O1.CCc1csc(C)n1. The van der Waals surface area contributed by atoms with Crippen molar-refractivity contribution in [1.82, 2.24) is 4.98 Å². The molecule has 1 aromatic rings. The number of ether oxygens (including phenoxy) is 2. The number of aryl methyl sites for hydroxylation is 2. The lowest BCUT2D eigenvalue weighted by atomic mass is 9.69. The topological polar surface area (TPSA) is 152 Å². The zero-order valence-corrected chi connectivity index (χ0v) is 60.1. The molecule has 0 aromatic carbocycles.